The topological polar surface area (TPSA) is 72.0 Å². The van der Waals surface area contributed by atoms with Gasteiger partial charge in [-0.15, -0.1) is 0 Å². The van der Waals surface area contributed by atoms with E-state index in [1.54, 1.807) is 6.07 Å². The molecule has 0 aliphatic heterocycles. The molecule has 0 aliphatic rings. The molecule has 2 aromatic rings. The number of benzene rings is 1. The Balaban J connectivity index is 2.31. The van der Waals surface area contributed by atoms with Gasteiger partial charge < -0.3 is 5.32 Å². The highest BCUT2D eigenvalue weighted by molar-refractivity contribution is 7.90. The van der Waals surface area contributed by atoms with Gasteiger partial charge in [-0.3, -0.25) is 0 Å². The smallest absolute Gasteiger partial charge is 0.224 e. The van der Waals surface area contributed by atoms with Gasteiger partial charge in [-0.25, -0.2) is 22.8 Å². The summed E-state index contributed by atoms with van der Waals surface area (Å²) >= 11 is 5.61. The Morgan fingerprint density at radius 2 is 2.05 bits per heavy atom. The van der Waals surface area contributed by atoms with Gasteiger partial charge in [0.2, 0.25) is 5.28 Å². The van der Waals surface area contributed by atoms with Gasteiger partial charge in [0, 0.05) is 18.1 Å². The van der Waals surface area contributed by atoms with Crippen LogP contribution in [0.4, 0.5) is 15.9 Å². The van der Waals surface area contributed by atoms with Crippen LogP contribution in [0, 0.1) is 5.82 Å². The number of halogens is 2. The van der Waals surface area contributed by atoms with Crippen molar-refractivity contribution in [1.82, 2.24) is 9.97 Å². The average molecular weight is 302 g/mol. The third-order valence-corrected chi connectivity index (χ3v) is 3.54. The summed E-state index contributed by atoms with van der Waals surface area (Å²) in [5.41, 5.74) is 0.361. The maximum Gasteiger partial charge on any atom is 0.224 e. The van der Waals surface area contributed by atoms with Crippen molar-refractivity contribution in [3.8, 4) is 0 Å². The molecule has 8 heteroatoms. The van der Waals surface area contributed by atoms with E-state index in [4.69, 9.17) is 11.6 Å². The third-order valence-electron chi connectivity index (χ3n) is 2.23. The van der Waals surface area contributed by atoms with Gasteiger partial charge in [-0.1, -0.05) is 0 Å². The van der Waals surface area contributed by atoms with Crippen molar-refractivity contribution in [2.24, 2.45) is 0 Å². The monoisotopic (exact) mass is 301 g/mol. The minimum atomic E-state index is -3.58. The molecule has 100 valence electrons. The zero-order chi connectivity index (χ0) is 14.0. The van der Waals surface area contributed by atoms with Gasteiger partial charge in [0.15, 0.2) is 9.84 Å². The molecule has 0 saturated carbocycles. The Kier molecular flexibility index (Phi) is 3.68. The van der Waals surface area contributed by atoms with Gasteiger partial charge in [0.1, 0.15) is 16.5 Å². The summed E-state index contributed by atoms with van der Waals surface area (Å²) < 4.78 is 36.2. The molecule has 0 amide bonds. The van der Waals surface area contributed by atoms with E-state index in [1.807, 2.05) is 0 Å². The number of nitrogens with one attached hydrogen (secondary N) is 1. The fourth-order valence-electron chi connectivity index (χ4n) is 1.43. The zero-order valence-corrected chi connectivity index (χ0v) is 11.3. The molecule has 0 atom stereocenters. The molecule has 0 bridgehead atoms. The van der Waals surface area contributed by atoms with Crippen molar-refractivity contribution in [3.63, 3.8) is 0 Å². The molecule has 1 aromatic heterocycles. The van der Waals surface area contributed by atoms with E-state index < -0.39 is 15.7 Å². The van der Waals surface area contributed by atoms with Crippen LogP contribution >= 0.6 is 11.6 Å². The SMILES string of the molecule is CS(=O)(=O)c1ccc(Nc2ccnc(Cl)n2)cc1F. The minimum absolute atomic E-state index is 0.0539. The van der Waals surface area contributed by atoms with Gasteiger partial charge >= 0.3 is 0 Å². The van der Waals surface area contributed by atoms with Crippen LogP contribution in [0.1, 0.15) is 0 Å². The zero-order valence-electron chi connectivity index (χ0n) is 9.76. The first-order valence-electron chi connectivity index (χ1n) is 5.11. The predicted octanol–water partition coefficient (Wildman–Crippen LogP) is 2.42. The van der Waals surface area contributed by atoms with Crippen LogP contribution in [0.25, 0.3) is 0 Å². The van der Waals surface area contributed by atoms with Crippen molar-refractivity contribution in [2.75, 3.05) is 11.6 Å². The molecule has 0 fully saturated rings. The summed E-state index contributed by atoms with van der Waals surface area (Å²) in [6.45, 7) is 0. The number of anilines is 2. The average Bonchev–Trinajstić information content (AvgIpc) is 2.27. The second-order valence-corrected chi connectivity index (χ2v) is 6.08. The Morgan fingerprint density at radius 1 is 1.32 bits per heavy atom. The molecule has 0 aliphatic carbocycles. The molecule has 0 spiro atoms. The molecule has 19 heavy (non-hydrogen) atoms. The van der Waals surface area contributed by atoms with E-state index in [0.29, 0.717) is 11.5 Å². The van der Waals surface area contributed by atoms with Crippen LogP contribution in [0.5, 0.6) is 0 Å². The molecule has 0 unspecified atom stereocenters. The Bertz CT molecular complexity index is 722. The standard InChI is InChI=1S/C11H9ClFN3O2S/c1-19(17,18)9-3-2-7(6-8(9)13)15-10-4-5-14-11(12)16-10/h2-6H,1H3,(H,14,15,16). The molecule has 1 heterocycles. The van der Waals surface area contributed by atoms with Crippen molar-refractivity contribution in [2.45, 2.75) is 4.90 Å². The van der Waals surface area contributed by atoms with E-state index in [9.17, 15) is 12.8 Å². The molecule has 2 rings (SSSR count). The van der Waals surface area contributed by atoms with Crippen LogP contribution in [0.3, 0.4) is 0 Å². The molecule has 1 aromatic carbocycles. The summed E-state index contributed by atoms with van der Waals surface area (Å²) in [6.07, 6.45) is 2.39. The van der Waals surface area contributed by atoms with Crippen molar-refractivity contribution < 1.29 is 12.8 Å². The highest BCUT2D eigenvalue weighted by Gasteiger charge is 2.13. The number of hydrogen-bond acceptors (Lipinski definition) is 5. The highest BCUT2D eigenvalue weighted by atomic mass is 35.5. The first kappa shape index (κ1) is 13.7. The fourth-order valence-corrected chi connectivity index (χ4v) is 2.31. The summed E-state index contributed by atoms with van der Waals surface area (Å²) in [6, 6.07) is 5.26. The van der Waals surface area contributed by atoms with Crippen LogP contribution in [0.15, 0.2) is 35.4 Å². The maximum atomic E-state index is 13.7. The summed E-state index contributed by atoms with van der Waals surface area (Å²) in [7, 11) is -3.58. The van der Waals surface area contributed by atoms with Crippen LogP contribution in [-0.4, -0.2) is 24.6 Å². The quantitative estimate of drug-likeness (QED) is 0.882. The van der Waals surface area contributed by atoms with Crippen molar-refractivity contribution >= 4 is 32.9 Å². The molecular formula is C11H9ClFN3O2S. The van der Waals surface area contributed by atoms with Crippen LogP contribution < -0.4 is 5.32 Å². The lowest BCUT2D eigenvalue weighted by molar-refractivity contribution is 0.571. The normalized spacial score (nSPS) is 11.3. The number of nitrogens with zero attached hydrogens (tertiary/aromatic N) is 2. The fraction of sp³-hybridized carbons (Fsp3) is 0.0909. The molecule has 0 saturated heterocycles. The maximum absolute atomic E-state index is 13.7. The van der Waals surface area contributed by atoms with Crippen LogP contribution in [-0.2, 0) is 9.84 Å². The number of aromatic nitrogens is 2. The lowest BCUT2D eigenvalue weighted by atomic mass is 10.3. The predicted molar refractivity (Wildman–Crippen MR) is 69.8 cm³/mol. The van der Waals surface area contributed by atoms with E-state index in [0.717, 1.165) is 12.3 Å². The van der Waals surface area contributed by atoms with Gasteiger partial charge in [0.25, 0.3) is 0 Å². The number of rotatable bonds is 3. The second kappa shape index (κ2) is 5.10. The van der Waals surface area contributed by atoms with Crippen molar-refractivity contribution in [3.05, 3.63) is 41.6 Å². The first-order chi connectivity index (χ1) is 8.86. The van der Waals surface area contributed by atoms with E-state index in [2.05, 4.69) is 15.3 Å². The number of hydrogen-bond donors (Lipinski definition) is 1. The van der Waals surface area contributed by atoms with Gasteiger partial charge in [-0.2, -0.15) is 0 Å². The second-order valence-electron chi connectivity index (χ2n) is 3.75. The molecule has 5 nitrogen and oxygen atoms in total. The minimum Gasteiger partial charge on any atom is -0.340 e. The summed E-state index contributed by atoms with van der Waals surface area (Å²) in [5.74, 6) is -0.445. The lowest BCUT2D eigenvalue weighted by Gasteiger charge is -2.07. The molecule has 0 radical (unpaired) electrons. The Labute approximate surface area is 114 Å². The Morgan fingerprint density at radius 3 is 2.63 bits per heavy atom. The lowest BCUT2D eigenvalue weighted by Crippen LogP contribution is -2.02. The largest absolute Gasteiger partial charge is 0.340 e. The highest BCUT2D eigenvalue weighted by Crippen LogP contribution is 2.21. The Hall–Kier alpha value is -1.73. The van der Waals surface area contributed by atoms with Gasteiger partial charge in [-0.05, 0) is 35.9 Å². The molecule has 1 N–H and O–H groups in total. The molecular weight excluding hydrogens is 293 g/mol. The number of sulfone groups is 1. The van der Waals surface area contributed by atoms with E-state index in [-0.39, 0.29) is 10.2 Å². The van der Waals surface area contributed by atoms with E-state index >= 15 is 0 Å². The first-order valence-corrected chi connectivity index (χ1v) is 7.38. The van der Waals surface area contributed by atoms with Gasteiger partial charge in [0.05, 0.1) is 0 Å². The van der Waals surface area contributed by atoms with Crippen LogP contribution in [0.2, 0.25) is 5.28 Å². The third kappa shape index (κ3) is 3.39. The van der Waals surface area contributed by atoms with Crippen molar-refractivity contribution in [1.29, 1.82) is 0 Å². The summed E-state index contributed by atoms with van der Waals surface area (Å²) in [5, 5.41) is 2.85. The summed E-state index contributed by atoms with van der Waals surface area (Å²) in [4.78, 5) is 7.23. The van der Waals surface area contributed by atoms with E-state index in [1.165, 1.54) is 18.3 Å².